The third kappa shape index (κ3) is 3.50. The maximum absolute atomic E-state index is 12.4. The predicted molar refractivity (Wildman–Crippen MR) is 101 cm³/mol. The van der Waals surface area contributed by atoms with E-state index < -0.39 is 5.25 Å². The molecular formula is C18H20N4O3S. The predicted octanol–water partition coefficient (Wildman–Crippen LogP) is 2.77. The second-order valence-corrected chi connectivity index (χ2v) is 7.27. The number of nitrogens with zero attached hydrogens (tertiary/aromatic N) is 3. The molecule has 1 aromatic carbocycles. The summed E-state index contributed by atoms with van der Waals surface area (Å²) < 4.78 is 6.63. The smallest absolute Gasteiger partial charge is 0.319 e. The quantitative estimate of drug-likeness (QED) is 0.421. The van der Waals surface area contributed by atoms with Gasteiger partial charge in [0.05, 0.1) is 18.5 Å². The Morgan fingerprint density at radius 3 is 2.81 bits per heavy atom. The van der Waals surface area contributed by atoms with E-state index >= 15 is 0 Å². The lowest BCUT2D eigenvalue weighted by Crippen LogP contribution is -2.18. The van der Waals surface area contributed by atoms with Crippen molar-refractivity contribution >= 4 is 28.8 Å². The maximum atomic E-state index is 12.4. The van der Waals surface area contributed by atoms with Gasteiger partial charge in [0.25, 0.3) is 5.56 Å². The van der Waals surface area contributed by atoms with Crippen LogP contribution < -0.4 is 5.56 Å². The molecule has 0 aliphatic carbocycles. The first-order valence-electron chi connectivity index (χ1n) is 8.29. The molecule has 0 aliphatic rings. The molecule has 0 aliphatic heterocycles. The Morgan fingerprint density at radius 2 is 2.12 bits per heavy atom. The molecule has 0 spiro atoms. The fourth-order valence-electron chi connectivity index (χ4n) is 2.48. The van der Waals surface area contributed by atoms with E-state index in [1.807, 2.05) is 32.0 Å². The first kappa shape index (κ1) is 18.2. The summed E-state index contributed by atoms with van der Waals surface area (Å²) in [5.74, 6) is -0.345. The molecule has 0 fully saturated rings. The average molecular weight is 372 g/mol. The topological polar surface area (TPSA) is 89.9 Å². The summed E-state index contributed by atoms with van der Waals surface area (Å²) >= 11 is 1.15. The van der Waals surface area contributed by atoms with E-state index in [0.717, 1.165) is 23.0 Å². The van der Waals surface area contributed by atoms with Crippen LogP contribution in [-0.2, 0) is 9.53 Å². The zero-order valence-electron chi connectivity index (χ0n) is 15.1. The number of esters is 1. The highest BCUT2D eigenvalue weighted by Crippen LogP contribution is 2.22. The van der Waals surface area contributed by atoms with Crippen molar-refractivity contribution in [2.24, 2.45) is 0 Å². The highest BCUT2D eigenvalue weighted by atomic mass is 32.2. The Kier molecular flexibility index (Phi) is 5.13. The SMILES string of the molecule is CCOC(=O)C(C)Sc1nc2c(cnn2-c2ccc(C)c(C)c2)c(=O)[nH]1. The highest BCUT2D eigenvalue weighted by Gasteiger charge is 2.19. The number of carbonyl (C=O) groups excluding carboxylic acids is 1. The molecule has 3 rings (SSSR count). The van der Waals surface area contributed by atoms with Gasteiger partial charge in [0.2, 0.25) is 0 Å². The van der Waals surface area contributed by atoms with Crippen LogP contribution in [0.1, 0.15) is 25.0 Å². The molecule has 3 aromatic rings. The highest BCUT2D eigenvalue weighted by molar-refractivity contribution is 8.00. The van der Waals surface area contributed by atoms with Gasteiger partial charge in [-0.05, 0) is 51.0 Å². The summed E-state index contributed by atoms with van der Waals surface area (Å²) in [6.45, 7) is 7.84. The van der Waals surface area contributed by atoms with Gasteiger partial charge in [-0.3, -0.25) is 9.59 Å². The number of fused-ring (bicyclic) bond motifs is 1. The summed E-state index contributed by atoms with van der Waals surface area (Å²) in [4.78, 5) is 31.4. The van der Waals surface area contributed by atoms with Crippen LogP contribution in [0, 0.1) is 13.8 Å². The molecule has 0 radical (unpaired) electrons. The van der Waals surface area contributed by atoms with E-state index in [4.69, 9.17) is 4.74 Å². The van der Waals surface area contributed by atoms with Gasteiger partial charge in [-0.25, -0.2) is 9.67 Å². The monoisotopic (exact) mass is 372 g/mol. The second-order valence-electron chi connectivity index (χ2n) is 5.95. The molecule has 0 amide bonds. The molecule has 2 heterocycles. The van der Waals surface area contributed by atoms with Gasteiger partial charge >= 0.3 is 5.97 Å². The second kappa shape index (κ2) is 7.33. The van der Waals surface area contributed by atoms with Gasteiger partial charge in [0.15, 0.2) is 10.8 Å². The van der Waals surface area contributed by atoms with Crippen LogP contribution in [-0.4, -0.2) is 37.6 Å². The third-order valence-electron chi connectivity index (χ3n) is 4.06. The molecule has 1 atom stereocenters. The Labute approximate surface area is 154 Å². The molecular weight excluding hydrogens is 352 g/mol. The number of H-pyrrole nitrogens is 1. The number of nitrogens with one attached hydrogen (secondary N) is 1. The number of hydrogen-bond acceptors (Lipinski definition) is 6. The Hall–Kier alpha value is -2.61. The van der Waals surface area contributed by atoms with Crippen molar-refractivity contribution in [2.45, 2.75) is 38.1 Å². The Morgan fingerprint density at radius 1 is 1.35 bits per heavy atom. The average Bonchev–Trinajstić information content (AvgIpc) is 3.02. The molecule has 1 unspecified atom stereocenters. The summed E-state index contributed by atoms with van der Waals surface area (Å²) in [6.07, 6.45) is 1.50. The lowest BCUT2D eigenvalue weighted by molar-refractivity contribution is -0.142. The van der Waals surface area contributed by atoms with Crippen LogP contribution >= 0.6 is 11.8 Å². The number of aryl methyl sites for hydroxylation is 2. The van der Waals surface area contributed by atoms with Crippen molar-refractivity contribution in [2.75, 3.05) is 6.61 Å². The molecule has 7 nitrogen and oxygen atoms in total. The first-order valence-corrected chi connectivity index (χ1v) is 9.17. The van der Waals surface area contributed by atoms with E-state index in [9.17, 15) is 9.59 Å². The van der Waals surface area contributed by atoms with Crippen molar-refractivity contribution in [3.05, 3.63) is 45.9 Å². The van der Waals surface area contributed by atoms with Crippen LogP contribution in [0.4, 0.5) is 0 Å². The minimum absolute atomic E-state index is 0.288. The zero-order chi connectivity index (χ0) is 18.8. The van der Waals surface area contributed by atoms with Gasteiger partial charge < -0.3 is 9.72 Å². The molecule has 2 aromatic heterocycles. The standard InChI is InChI=1S/C18H20N4O3S/c1-5-25-17(24)12(4)26-18-20-15-14(16(23)21-18)9-19-22(15)13-7-6-10(2)11(3)8-13/h6-9,12H,5H2,1-4H3,(H,20,21,23). The minimum atomic E-state index is -0.478. The number of aromatic amines is 1. The van der Waals surface area contributed by atoms with Crippen molar-refractivity contribution in [3.8, 4) is 5.69 Å². The Balaban J connectivity index is 2.02. The molecule has 136 valence electrons. The van der Waals surface area contributed by atoms with Crippen molar-refractivity contribution in [3.63, 3.8) is 0 Å². The normalized spacial score (nSPS) is 12.3. The van der Waals surface area contributed by atoms with Gasteiger partial charge in [-0.15, -0.1) is 0 Å². The lowest BCUT2D eigenvalue weighted by atomic mass is 10.1. The summed E-state index contributed by atoms with van der Waals surface area (Å²) in [5, 5.41) is 4.59. The number of rotatable bonds is 5. The first-order chi connectivity index (χ1) is 12.4. The van der Waals surface area contributed by atoms with Crippen LogP contribution in [0.2, 0.25) is 0 Å². The Bertz CT molecular complexity index is 1020. The van der Waals surface area contributed by atoms with E-state index in [0.29, 0.717) is 22.8 Å². The molecule has 0 saturated carbocycles. The van der Waals surface area contributed by atoms with E-state index in [1.54, 1.807) is 18.5 Å². The van der Waals surface area contributed by atoms with Crippen LogP contribution in [0.3, 0.4) is 0 Å². The fourth-order valence-corrected chi connectivity index (χ4v) is 3.27. The minimum Gasteiger partial charge on any atom is -0.465 e. The number of benzene rings is 1. The van der Waals surface area contributed by atoms with E-state index in [1.165, 1.54) is 11.8 Å². The largest absolute Gasteiger partial charge is 0.465 e. The summed E-state index contributed by atoms with van der Waals surface area (Å²) in [5.41, 5.74) is 3.30. The molecule has 0 saturated heterocycles. The molecule has 26 heavy (non-hydrogen) atoms. The van der Waals surface area contributed by atoms with Gasteiger partial charge in [0.1, 0.15) is 10.6 Å². The molecule has 1 N–H and O–H groups in total. The molecule has 0 bridgehead atoms. The van der Waals surface area contributed by atoms with Crippen LogP contribution in [0.25, 0.3) is 16.7 Å². The van der Waals surface area contributed by atoms with E-state index in [2.05, 4.69) is 15.1 Å². The van der Waals surface area contributed by atoms with Crippen molar-refractivity contribution < 1.29 is 9.53 Å². The number of carbonyl (C=O) groups is 1. The number of aromatic nitrogens is 4. The van der Waals surface area contributed by atoms with Gasteiger partial charge in [0, 0.05) is 0 Å². The molecule has 8 heteroatoms. The number of hydrogen-bond donors (Lipinski definition) is 1. The fraction of sp³-hybridized carbons (Fsp3) is 0.333. The van der Waals surface area contributed by atoms with Crippen LogP contribution in [0.15, 0.2) is 34.3 Å². The zero-order valence-corrected chi connectivity index (χ0v) is 15.9. The van der Waals surface area contributed by atoms with Gasteiger partial charge in [-0.2, -0.15) is 5.10 Å². The van der Waals surface area contributed by atoms with Crippen LogP contribution in [0.5, 0.6) is 0 Å². The van der Waals surface area contributed by atoms with Crippen molar-refractivity contribution in [1.29, 1.82) is 0 Å². The van der Waals surface area contributed by atoms with Crippen molar-refractivity contribution in [1.82, 2.24) is 19.7 Å². The number of thioether (sulfide) groups is 1. The maximum Gasteiger partial charge on any atom is 0.319 e. The lowest BCUT2D eigenvalue weighted by Gasteiger charge is -2.10. The third-order valence-corrected chi connectivity index (χ3v) is 5.02. The van der Waals surface area contributed by atoms with E-state index in [-0.39, 0.29) is 11.5 Å². The number of ether oxygens (including phenoxy) is 1. The summed E-state index contributed by atoms with van der Waals surface area (Å²) in [6, 6.07) is 5.94. The summed E-state index contributed by atoms with van der Waals surface area (Å²) in [7, 11) is 0. The van der Waals surface area contributed by atoms with Gasteiger partial charge in [-0.1, -0.05) is 17.8 Å².